The van der Waals surface area contributed by atoms with Crippen molar-refractivity contribution in [1.29, 1.82) is 0 Å². The molecule has 1 amide bonds. The highest BCUT2D eigenvalue weighted by Crippen LogP contribution is 2.31. The minimum atomic E-state index is -1.23. The van der Waals surface area contributed by atoms with Gasteiger partial charge in [-0.3, -0.25) is 4.79 Å². The molecular formula is C28H41N2O7S+. The van der Waals surface area contributed by atoms with Gasteiger partial charge in [-0.2, -0.15) is 12.6 Å². The first-order valence-corrected chi connectivity index (χ1v) is 13.3. The highest BCUT2D eigenvalue weighted by Gasteiger charge is 2.28. The Morgan fingerprint density at radius 1 is 0.974 bits per heavy atom. The summed E-state index contributed by atoms with van der Waals surface area (Å²) in [6.07, 6.45) is -0.990. The number of quaternary nitrogens is 1. The second kappa shape index (κ2) is 16.1. The Morgan fingerprint density at radius 3 is 2.32 bits per heavy atom. The SMILES string of the molecule is CC[N+](C)(C)CCCOCCOc1cccc(C(=O)C(OC(=O)NCCS)c2cc(OC)cc(OC)c2)c1. The van der Waals surface area contributed by atoms with Crippen LogP contribution in [0.1, 0.15) is 35.4 Å². The minimum Gasteiger partial charge on any atom is -0.497 e. The molecule has 0 aliphatic rings. The summed E-state index contributed by atoms with van der Waals surface area (Å²) in [5.41, 5.74) is 0.744. The van der Waals surface area contributed by atoms with E-state index >= 15 is 0 Å². The van der Waals surface area contributed by atoms with Crippen LogP contribution in [0.2, 0.25) is 0 Å². The number of ether oxygens (including phenoxy) is 5. The average Bonchev–Trinajstić information content (AvgIpc) is 2.93. The van der Waals surface area contributed by atoms with Crippen LogP contribution >= 0.6 is 12.6 Å². The molecular weight excluding hydrogens is 508 g/mol. The predicted octanol–water partition coefficient (Wildman–Crippen LogP) is 4.17. The molecule has 210 valence electrons. The van der Waals surface area contributed by atoms with Crippen LogP contribution in [0.5, 0.6) is 17.2 Å². The summed E-state index contributed by atoms with van der Waals surface area (Å²) in [6.45, 7) is 6.06. The molecule has 2 rings (SSSR count). The molecule has 38 heavy (non-hydrogen) atoms. The summed E-state index contributed by atoms with van der Waals surface area (Å²) in [5, 5.41) is 2.58. The lowest BCUT2D eigenvalue weighted by molar-refractivity contribution is -0.888. The van der Waals surface area contributed by atoms with Gasteiger partial charge in [0.05, 0.1) is 54.6 Å². The Balaban J connectivity index is 2.09. The molecule has 1 atom stereocenters. The lowest BCUT2D eigenvalue weighted by atomic mass is 9.99. The molecule has 0 aliphatic heterocycles. The number of hydrogen-bond donors (Lipinski definition) is 2. The van der Waals surface area contributed by atoms with Crippen LogP contribution in [0.3, 0.4) is 0 Å². The Morgan fingerprint density at radius 2 is 1.68 bits per heavy atom. The summed E-state index contributed by atoms with van der Waals surface area (Å²) < 4.78 is 28.7. The van der Waals surface area contributed by atoms with E-state index in [0.29, 0.717) is 60.5 Å². The monoisotopic (exact) mass is 549 g/mol. The van der Waals surface area contributed by atoms with Gasteiger partial charge >= 0.3 is 6.09 Å². The number of Topliss-reactive ketones (excluding diaryl/α,β-unsaturated/α-hetero) is 1. The van der Waals surface area contributed by atoms with Crippen molar-refractivity contribution in [3.05, 3.63) is 53.6 Å². The summed E-state index contributed by atoms with van der Waals surface area (Å²) in [5.74, 6) is 1.46. The number of ketones is 1. The van der Waals surface area contributed by atoms with E-state index in [4.69, 9.17) is 23.7 Å². The molecule has 0 heterocycles. The van der Waals surface area contributed by atoms with E-state index in [-0.39, 0.29) is 0 Å². The van der Waals surface area contributed by atoms with Crippen LogP contribution in [-0.4, -0.2) is 89.9 Å². The Kier molecular flexibility index (Phi) is 13.3. The molecule has 10 heteroatoms. The van der Waals surface area contributed by atoms with Gasteiger partial charge in [-0.25, -0.2) is 4.79 Å². The van der Waals surface area contributed by atoms with Crippen molar-refractivity contribution in [3.63, 3.8) is 0 Å². The summed E-state index contributed by atoms with van der Waals surface area (Å²) in [7, 11) is 7.41. The van der Waals surface area contributed by atoms with Crippen molar-refractivity contribution in [2.75, 3.05) is 73.5 Å². The molecule has 2 aromatic rings. The molecule has 0 saturated heterocycles. The predicted molar refractivity (Wildman–Crippen MR) is 150 cm³/mol. The maximum atomic E-state index is 13.6. The number of carbonyl (C=O) groups is 2. The van der Waals surface area contributed by atoms with Gasteiger partial charge < -0.3 is 33.5 Å². The normalized spacial score (nSPS) is 11.9. The number of nitrogens with zero attached hydrogens (tertiary/aromatic N) is 1. The van der Waals surface area contributed by atoms with Crippen molar-refractivity contribution in [2.45, 2.75) is 19.4 Å². The molecule has 1 N–H and O–H groups in total. The molecule has 1 unspecified atom stereocenters. The zero-order valence-corrected chi connectivity index (χ0v) is 23.9. The van der Waals surface area contributed by atoms with Crippen LogP contribution < -0.4 is 19.5 Å². The lowest BCUT2D eigenvalue weighted by Crippen LogP contribution is -2.40. The number of amides is 1. The zero-order chi connectivity index (χ0) is 28.0. The summed E-state index contributed by atoms with van der Waals surface area (Å²) in [4.78, 5) is 26.0. The van der Waals surface area contributed by atoms with Crippen molar-refractivity contribution >= 4 is 24.5 Å². The molecule has 2 aromatic carbocycles. The van der Waals surface area contributed by atoms with E-state index in [1.165, 1.54) is 14.2 Å². The fraction of sp³-hybridized carbons (Fsp3) is 0.500. The van der Waals surface area contributed by atoms with Gasteiger partial charge in [0.25, 0.3) is 0 Å². The first kappa shape index (κ1) is 31.3. The third kappa shape index (κ3) is 10.4. The first-order valence-electron chi connectivity index (χ1n) is 12.7. The molecule has 0 saturated carbocycles. The van der Waals surface area contributed by atoms with Gasteiger partial charge in [0.15, 0.2) is 6.10 Å². The fourth-order valence-electron chi connectivity index (χ4n) is 3.52. The van der Waals surface area contributed by atoms with Gasteiger partial charge in [-0.05, 0) is 31.2 Å². The van der Waals surface area contributed by atoms with Gasteiger partial charge in [0.2, 0.25) is 5.78 Å². The van der Waals surface area contributed by atoms with Crippen LogP contribution in [-0.2, 0) is 9.47 Å². The Labute approximate surface area is 231 Å². The highest BCUT2D eigenvalue weighted by molar-refractivity contribution is 7.80. The van der Waals surface area contributed by atoms with E-state index in [2.05, 4.69) is 39.0 Å². The molecule has 0 aromatic heterocycles. The maximum Gasteiger partial charge on any atom is 0.408 e. The Bertz CT molecular complexity index is 1010. The third-order valence-electron chi connectivity index (χ3n) is 6.04. The van der Waals surface area contributed by atoms with Crippen molar-refractivity contribution in [3.8, 4) is 17.2 Å². The number of alkyl carbamates (subject to hydrolysis) is 1. The highest BCUT2D eigenvalue weighted by atomic mass is 32.1. The second-order valence-electron chi connectivity index (χ2n) is 9.26. The number of rotatable bonds is 17. The Hall–Kier alpha value is -2.95. The third-order valence-corrected chi connectivity index (χ3v) is 6.27. The number of thiol groups is 1. The molecule has 0 bridgehead atoms. The minimum absolute atomic E-state index is 0.297. The maximum absolute atomic E-state index is 13.6. The summed E-state index contributed by atoms with van der Waals surface area (Å²) >= 11 is 4.09. The van der Waals surface area contributed by atoms with E-state index in [1.54, 1.807) is 42.5 Å². The number of nitrogens with one attached hydrogen (secondary N) is 1. The number of benzene rings is 2. The van der Waals surface area contributed by atoms with Crippen molar-refractivity contribution in [2.24, 2.45) is 0 Å². The topological polar surface area (TPSA) is 92.3 Å². The number of methoxy groups -OCH3 is 2. The average molecular weight is 550 g/mol. The largest absolute Gasteiger partial charge is 0.497 e. The van der Waals surface area contributed by atoms with Crippen LogP contribution in [0.15, 0.2) is 42.5 Å². The molecule has 0 fully saturated rings. The standard InChI is InChI=1S/C28H40N2O7S/c1-6-30(2,3)12-8-13-35-14-15-36-23-10-7-9-21(17-23)26(31)27(37-28(32)29-11-16-38)22-18-24(33-4)20-25(19-22)34-5/h7,9-10,17-20,27H,6,8,11-16H2,1-5H3,(H-,29,32,38)/p+1. The van der Waals surface area contributed by atoms with E-state index in [1.807, 2.05) is 0 Å². The zero-order valence-electron chi connectivity index (χ0n) is 23.0. The fourth-order valence-corrected chi connectivity index (χ4v) is 3.64. The van der Waals surface area contributed by atoms with Crippen LogP contribution in [0, 0.1) is 0 Å². The summed E-state index contributed by atoms with van der Waals surface area (Å²) in [6, 6.07) is 11.7. The van der Waals surface area contributed by atoms with Crippen molar-refractivity contribution in [1.82, 2.24) is 5.32 Å². The van der Waals surface area contributed by atoms with Gasteiger partial charge in [0.1, 0.15) is 23.9 Å². The van der Waals surface area contributed by atoms with Crippen LogP contribution in [0.25, 0.3) is 0 Å². The number of carbonyl (C=O) groups excluding carboxylic acids is 2. The molecule has 9 nitrogen and oxygen atoms in total. The van der Waals surface area contributed by atoms with E-state index in [9.17, 15) is 9.59 Å². The molecule has 0 aliphatic carbocycles. The van der Waals surface area contributed by atoms with Crippen molar-refractivity contribution < 1.29 is 37.8 Å². The second-order valence-corrected chi connectivity index (χ2v) is 9.71. The van der Waals surface area contributed by atoms with E-state index < -0.39 is 18.0 Å². The molecule has 0 spiro atoms. The van der Waals surface area contributed by atoms with E-state index in [0.717, 1.165) is 24.0 Å². The van der Waals surface area contributed by atoms with Crippen LogP contribution in [0.4, 0.5) is 4.79 Å². The lowest BCUT2D eigenvalue weighted by Gasteiger charge is -2.27. The van der Waals surface area contributed by atoms with Gasteiger partial charge in [-0.1, -0.05) is 12.1 Å². The van der Waals surface area contributed by atoms with Gasteiger partial charge in [0, 0.05) is 35.9 Å². The van der Waals surface area contributed by atoms with Gasteiger partial charge in [-0.15, -0.1) is 0 Å². The number of hydrogen-bond acceptors (Lipinski definition) is 8. The quantitative estimate of drug-likeness (QED) is 0.132. The smallest absolute Gasteiger partial charge is 0.408 e. The molecule has 0 radical (unpaired) electrons. The first-order chi connectivity index (χ1) is 18.2.